The summed E-state index contributed by atoms with van der Waals surface area (Å²) in [6.07, 6.45) is 6.98. The van der Waals surface area contributed by atoms with E-state index >= 15 is 0 Å². The van der Waals surface area contributed by atoms with E-state index in [1.165, 1.54) is 25.7 Å². The van der Waals surface area contributed by atoms with Crippen molar-refractivity contribution in [1.29, 1.82) is 0 Å². The molecule has 2 saturated carbocycles. The molecule has 1 heterocycles. The van der Waals surface area contributed by atoms with Crippen LogP contribution in [0.3, 0.4) is 0 Å². The summed E-state index contributed by atoms with van der Waals surface area (Å²) in [7, 11) is 0. The molecule has 0 aromatic rings. The Hall–Kier alpha value is -0.240. The normalized spacial score (nSPS) is 41.5. The van der Waals surface area contributed by atoms with Gasteiger partial charge in [-0.25, -0.2) is 0 Å². The third-order valence-electron chi connectivity index (χ3n) is 6.56. The van der Waals surface area contributed by atoms with Crippen molar-refractivity contribution in [3.63, 3.8) is 0 Å². The van der Waals surface area contributed by atoms with E-state index < -0.39 is 24.4 Å². The third kappa shape index (κ3) is 4.73. The molecule has 146 valence electrons. The number of rotatable bonds is 9. The molecule has 3 aliphatic rings. The molecule has 7 atom stereocenters. The summed E-state index contributed by atoms with van der Waals surface area (Å²) in [5.41, 5.74) is 0. The average molecular weight is 357 g/mol. The van der Waals surface area contributed by atoms with E-state index in [-0.39, 0.29) is 6.61 Å². The molecule has 0 spiro atoms. The molecule has 2 bridgehead atoms. The molecular weight excluding hydrogens is 322 g/mol. The van der Waals surface area contributed by atoms with Gasteiger partial charge in [0.05, 0.1) is 24.9 Å². The molecule has 0 radical (unpaired) electrons. The largest absolute Gasteiger partial charge is 0.395 e. The predicted molar refractivity (Wildman–Crippen MR) is 94.1 cm³/mol. The fourth-order valence-corrected chi connectivity index (χ4v) is 5.03. The summed E-state index contributed by atoms with van der Waals surface area (Å²) in [6, 6.07) is -0.487. The number of aliphatic hydroxyl groups excluding tert-OH is 4. The Kier molecular flexibility index (Phi) is 7.11. The topological polar surface area (TPSA) is 93.4 Å². The van der Waals surface area contributed by atoms with Crippen molar-refractivity contribution in [3.8, 4) is 0 Å². The molecule has 1 aliphatic heterocycles. The maximum absolute atomic E-state index is 9.97. The van der Waals surface area contributed by atoms with Gasteiger partial charge in [-0.05, 0) is 56.9 Å². The molecule has 6 nitrogen and oxygen atoms in total. The minimum atomic E-state index is -1.17. The van der Waals surface area contributed by atoms with Gasteiger partial charge in [0.15, 0.2) is 0 Å². The maximum atomic E-state index is 9.97. The molecule has 1 saturated heterocycles. The minimum absolute atomic E-state index is 0.206. The van der Waals surface area contributed by atoms with Crippen LogP contribution in [-0.2, 0) is 4.74 Å². The number of piperidine rings is 1. The van der Waals surface area contributed by atoms with Crippen LogP contribution in [0.2, 0.25) is 0 Å². The minimum Gasteiger partial charge on any atom is -0.395 e. The zero-order valence-corrected chi connectivity index (χ0v) is 15.2. The summed E-state index contributed by atoms with van der Waals surface area (Å²) >= 11 is 0. The quantitative estimate of drug-likeness (QED) is 0.449. The first-order valence-corrected chi connectivity index (χ1v) is 10.1. The average Bonchev–Trinajstić information content (AvgIpc) is 3.22. The van der Waals surface area contributed by atoms with Gasteiger partial charge >= 0.3 is 0 Å². The molecule has 0 amide bonds. The van der Waals surface area contributed by atoms with Crippen molar-refractivity contribution in [1.82, 2.24) is 4.90 Å². The molecule has 2 aliphatic carbocycles. The van der Waals surface area contributed by atoms with Crippen LogP contribution in [0.1, 0.15) is 51.4 Å². The van der Waals surface area contributed by atoms with Crippen molar-refractivity contribution in [3.05, 3.63) is 0 Å². The van der Waals surface area contributed by atoms with Crippen molar-refractivity contribution in [2.75, 3.05) is 26.3 Å². The van der Waals surface area contributed by atoms with Crippen molar-refractivity contribution >= 4 is 0 Å². The fraction of sp³-hybridized carbons (Fsp3) is 1.00. The van der Waals surface area contributed by atoms with Gasteiger partial charge in [-0.3, -0.25) is 4.90 Å². The highest BCUT2D eigenvalue weighted by Crippen LogP contribution is 2.45. The Morgan fingerprint density at radius 1 is 0.920 bits per heavy atom. The molecular formula is C19H35NO5. The van der Waals surface area contributed by atoms with Gasteiger partial charge in [-0.2, -0.15) is 0 Å². The Bertz CT molecular complexity index is 409. The van der Waals surface area contributed by atoms with Gasteiger partial charge < -0.3 is 25.2 Å². The highest BCUT2D eigenvalue weighted by Gasteiger charge is 2.41. The van der Waals surface area contributed by atoms with Crippen LogP contribution in [-0.4, -0.2) is 82.1 Å². The number of hydrogen-bond donors (Lipinski definition) is 4. The summed E-state index contributed by atoms with van der Waals surface area (Å²) in [4.78, 5) is 1.90. The summed E-state index contributed by atoms with van der Waals surface area (Å²) in [6.45, 7) is 1.68. The number of ether oxygens (including phenoxy) is 1. The molecule has 0 aromatic heterocycles. The first kappa shape index (κ1) is 19.5. The highest BCUT2D eigenvalue weighted by molar-refractivity contribution is 4.94. The monoisotopic (exact) mass is 357 g/mol. The fourth-order valence-electron chi connectivity index (χ4n) is 5.03. The van der Waals surface area contributed by atoms with Gasteiger partial charge in [0, 0.05) is 13.2 Å². The van der Waals surface area contributed by atoms with E-state index in [0.717, 1.165) is 50.7 Å². The van der Waals surface area contributed by atoms with Crippen molar-refractivity contribution in [2.45, 2.75) is 81.8 Å². The van der Waals surface area contributed by atoms with Gasteiger partial charge in [-0.1, -0.05) is 12.8 Å². The first-order valence-electron chi connectivity index (χ1n) is 10.1. The second kappa shape index (κ2) is 9.11. The standard InChI is InChI=1S/C19H35NO5/c21-12-15-18(23)19(24)16(22)11-20(15)7-3-1-2-4-8-25-17-10-13-5-6-14(17)9-13/h13-19,21-24H,1-12H2/t13?,14?,15-,16+,17-,18-,19-/m1/s1. The van der Waals surface area contributed by atoms with Gasteiger partial charge in [0.25, 0.3) is 0 Å². The second-order valence-electron chi connectivity index (χ2n) is 8.29. The van der Waals surface area contributed by atoms with Crippen LogP contribution in [0.15, 0.2) is 0 Å². The first-order chi connectivity index (χ1) is 12.1. The zero-order valence-electron chi connectivity index (χ0n) is 15.2. The lowest BCUT2D eigenvalue weighted by molar-refractivity contribution is -0.145. The number of likely N-dealkylation sites (tertiary alicyclic amines) is 1. The number of unbranched alkanes of at least 4 members (excludes halogenated alkanes) is 3. The number of hydrogen-bond acceptors (Lipinski definition) is 6. The summed E-state index contributed by atoms with van der Waals surface area (Å²) < 4.78 is 6.07. The molecule has 25 heavy (non-hydrogen) atoms. The van der Waals surface area contributed by atoms with Crippen LogP contribution in [0, 0.1) is 11.8 Å². The Balaban J connectivity index is 1.25. The highest BCUT2D eigenvalue weighted by atomic mass is 16.5. The van der Waals surface area contributed by atoms with Gasteiger partial charge in [-0.15, -0.1) is 0 Å². The molecule has 0 aromatic carbocycles. The Labute approximate surface area is 150 Å². The number of β-amino-alcohol motifs (C(OH)–C–C–N with tert-alkyl or cyclic N) is 1. The lowest BCUT2D eigenvalue weighted by Crippen LogP contribution is -2.62. The van der Waals surface area contributed by atoms with E-state index in [1.807, 2.05) is 4.90 Å². The van der Waals surface area contributed by atoms with E-state index in [9.17, 15) is 20.4 Å². The van der Waals surface area contributed by atoms with Crippen molar-refractivity contribution in [2.24, 2.45) is 11.8 Å². The Morgan fingerprint density at radius 3 is 2.40 bits per heavy atom. The summed E-state index contributed by atoms with van der Waals surface area (Å²) in [5.74, 6) is 1.76. The molecule has 3 fully saturated rings. The zero-order chi connectivity index (χ0) is 17.8. The smallest absolute Gasteiger partial charge is 0.109 e. The molecule has 3 rings (SSSR count). The van der Waals surface area contributed by atoms with Crippen LogP contribution >= 0.6 is 0 Å². The Morgan fingerprint density at radius 2 is 1.72 bits per heavy atom. The lowest BCUT2D eigenvalue weighted by atomic mass is 9.94. The van der Waals surface area contributed by atoms with Crippen LogP contribution in [0.5, 0.6) is 0 Å². The number of aliphatic hydroxyl groups is 4. The maximum Gasteiger partial charge on any atom is 0.109 e. The number of nitrogens with zero attached hydrogens (tertiary/aromatic N) is 1. The van der Waals surface area contributed by atoms with E-state index in [1.54, 1.807) is 0 Å². The van der Waals surface area contributed by atoms with Gasteiger partial charge in [0.1, 0.15) is 12.2 Å². The van der Waals surface area contributed by atoms with E-state index in [2.05, 4.69) is 0 Å². The van der Waals surface area contributed by atoms with E-state index in [0.29, 0.717) is 12.6 Å². The van der Waals surface area contributed by atoms with E-state index in [4.69, 9.17) is 4.74 Å². The summed E-state index contributed by atoms with van der Waals surface area (Å²) in [5, 5.41) is 38.9. The second-order valence-corrected chi connectivity index (χ2v) is 8.29. The number of fused-ring (bicyclic) bond motifs is 2. The molecule has 6 heteroatoms. The van der Waals surface area contributed by atoms with Crippen LogP contribution < -0.4 is 0 Å². The molecule has 2 unspecified atom stereocenters. The van der Waals surface area contributed by atoms with Crippen LogP contribution in [0.25, 0.3) is 0 Å². The molecule has 4 N–H and O–H groups in total. The lowest BCUT2D eigenvalue weighted by Gasteiger charge is -2.43. The van der Waals surface area contributed by atoms with Crippen molar-refractivity contribution < 1.29 is 25.2 Å². The predicted octanol–water partition coefficient (Wildman–Crippen LogP) is 0.511. The third-order valence-corrected chi connectivity index (χ3v) is 6.56. The SMILES string of the molecule is OC[C@@H]1[C@@H](O)[C@H](O)[C@@H](O)CN1CCCCCCO[C@@H]1CC2CCC1C2. The van der Waals surface area contributed by atoms with Crippen LogP contribution in [0.4, 0.5) is 0 Å². The van der Waals surface area contributed by atoms with Gasteiger partial charge in [0.2, 0.25) is 0 Å².